The monoisotopic (exact) mass is 370 g/mol. The maximum absolute atomic E-state index is 12.7. The van der Waals surface area contributed by atoms with Gasteiger partial charge in [0.05, 0.1) is 17.3 Å². The molecule has 0 unspecified atom stereocenters. The van der Waals surface area contributed by atoms with E-state index in [1.165, 1.54) is 24.6 Å². The van der Waals surface area contributed by atoms with Gasteiger partial charge in [0.2, 0.25) is 5.91 Å². The molecule has 7 nitrogen and oxygen atoms in total. The van der Waals surface area contributed by atoms with Crippen molar-refractivity contribution in [1.82, 2.24) is 19.7 Å². The van der Waals surface area contributed by atoms with Crippen molar-refractivity contribution in [1.29, 1.82) is 0 Å². The summed E-state index contributed by atoms with van der Waals surface area (Å²) in [5, 5.41) is 9.19. The Bertz CT molecular complexity index is 753. The van der Waals surface area contributed by atoms with Gasteiger partial charge in [0, 0.05) is 25.0 Å². The standard InChI is InChI=1S/C15H22N4O3S2/c1-18-14(10-2-3-10)16-17-15(18)23-8-13(20)19(11-4-5-11)12-6-7-24(21,22)9-12/h10-12H,2-9H2,1H3/t12-/m1/s1. The summed E-state index contributed by atoms with van der Waals surface area (Å²) in [6.45, 7) is 0. The van der Waals surface area contributed by atoms with Crippen LogP contribution >= 0.6 is 11.8 Å². The first-order valence-corrected chi connectivity index (χ1v) is 11.3. The molecule has 2 saturated carbocycles. The van der Waals surface area contributed by atoms with Crippen molar-refractivity contribution in [3.05, 3.63) is 5.82 Å². The molecule has 2 aliphatic carbocycles. The van der Waals surface area contributed by atoms with Crippen molar-refractivity contribution in [3.63, 3.8) is 0 Å². The van der Waals surface area contributed by atoms with Gasteiger partial charge in [0.1, 0.15) is 5.82 Å². The number of nitrogens with zero attached hydrogens (tertiary/aromatic N) is 4. The second kappa shape index (κ2) is 6.01. The van der Waals surface area contributed by atoms with Gasteiger partial charge < -0.3 is 9.47 Å². The maximum Gasteiger partial charge on any atom is 0.233 e. The Morgan fingerprint density at radius 2 is 1.96 bits per heavy atom. The SMILES string of the molecule is Cn1c(SCC(=O)N(C2CC2)[C@@H]2CCS(=O)(=O)C2)nnc1C1CC1. The highest BCUT2D eigenvalue weighted by atomic mass is 32.2. The highest BCUT2D eigenvalue weighted by Crippen LogP contribution is 2.39. The van der Waals surface area contributed by atoms with Gasteiger partial charge in [0.15, 0.2) is 15.0 Å². The van der Waals surface area contributed by atoms with Crippen LogP contribution in [0.4, 0.5) is 0 Å². The molecule has 24 heavy (non-hydrogen) atoms. The molecule has 132 valence electrons. The van der Waals surface area contributed by atoms with Crippen molar-refractivity contribution in [2.45, 2.75) is 55.3 Å². The van der Waals surface area contributed by atoms with Crippen molar-refractivity contribution in [3.8, 4) is 0 Å². The van der Waals surface area contributed by atoms with Gasteiger partial charge in [-0.05, 0) is 32.1 Å². The molecule has 1 saturated heterocycles. The topological polar surface area (TPSA) is 85.2 Å². The first-order valence-electron chi connectivity index (χ1n) is 8.48. The lowest BCUT2D eigenvalue weighted by Gasteiger charge is -2.28. The minimum Gasteiger partial charge on any atom is -0.335 e. The molecule has 3 fully saturated rings. The Kier molecular flexibility index (Phi) is 4.11. The van der Waals surface area contributed by atoms with E-state index in [9.17, 15) is 13.2 Å². The van der Waals surface area contributed by atoms with Crippen LogP contribution in [0.15, 0.2) is 5.16 Å². The van der Waals surface area contributed by atoms with E-state index in [0.717, 1.165) is 23.8 Å². The molecule has 4 rings (SSSR count). The van der Waals surface area contributed by atoms with Crippen LogP contribution in [-0.2, 0) is 21.7 Å². The van der Waals surface area contributed by atoms with Crippen LogP contribution in [0.3, 0.4) is 0 Å². The molecule has 3 aliphatic rings. The summed E-state index contributed by atoms with van der Waals surface area (Å²) < 4.78 is 25.5. The Morgan fingerprint density at radius 3 is 2.54 bits per heavy atom. The number of aromatic nitrogens is 3. The van der Waals surface area contributed by atoms with Crippen molar-refractivity contribution in [2.24, 2.45) is 7.05 Å². The fourth-order valence-corrected chi connectivity index (χ4v) is 5.90. The number of amides is 1. The van der Waals surface area contributed by atoms with Gasteiger partial charge in [0.25, 0.3) is 0 Å². The maximum atomic E-state index is 12.7. The van der Waals surface area contributed by atoms with Crippen LogP contribution in [0.2, 0.25) is 0 Å². The van der Waals surface area contributed by atoms with Crippen molar-refractivity contribution in [2.75, 3.05) is 17.3 Å². The Morgan fingerprint density at radius 1 is 1.21 bits per heavy atom. The number of hydrogen-bond acceptors (Lipinski definition) is 6. The Hall–Kier alpha value is -1.09. The van der Waals surface area contributed by atoms with Crippen molar-refractivity contribution < 1.29 is 13.2 Å². The largest absolute Gasteiger partial charge is 0.335 e. The first-order chi connectivity index (χ1) is 11.4. The third kappa shape index (κ3) is 3.33. The normalized spacial score (nSPS) is 25.8. The van der Waals surface area contributed by atoms with E-state index < -0.39 is 9.84 Å². The van der Waals surface area contributed by atoms with Crippen LogP contribution in [0.25, 0.3) is 0 Å². The van der Waals surface area contributed by atoms with Crippen LogP contribution in [0.5, 0.6) is 0 Å². The number of sulfone groups is 1. The summed E-state index contributed by atoms with van der Waals surface area (Å²) >= 11 is 1.40. The average molecular weight is 371 g/mol. The van der Waals surface area contributed by atoms with Crippen molar-refractivity contribution >= 4 is 27.5 Å². The van der Waals surface area contributed by atoms with E-state index in [2.05, 4.69) is 10.2 Å². The van der Waals surface area contributed by atoms with Gasteiger partial charge >= 0.3 is 0 Å². The molecule has 0 radical (unpaired) electrons. The van der Waals surface area contributed by atoms with Gasteiger partial charge in [-0.25, -0.2) is 8.42 Å². The van der Waals surface area contributed by atoms with Crippen LogP contribution < -0.4 is 0 Å². The molecule has 9 heteroatoms. The number of carbonyl (C=O) groups excluding carboxylic acids is 1. The van der Waals surface area contributed by atoms with Crippen LogP contribution in [0, 0.1) is 0 Å². The summed E-state index contributed by atoms with van der Waals surface area (Å²) in [4.78, 5) is 14.6. The lowest BCUT2D eigenvalue weighted by Crippen LogP contribution is -2.43. The second-order valence-corrected chi connectivity index (χ2v) is 10.2. The van der Waals surface area contributed by atoms with E-state index in [0.29, 0.717) is 18.1 Å². The average Bonchev–Trinajstić information content (AvgIpc) is 3.43. The highest BCUT2D eigenvalue weighted by molar-refractivity contribution is 7.99. The van der Waals surface area contributed by atoms with Gasteiger partial charge in [-0.15, -0.1) is 10.2 Å². The number of hydrogen-bond donors (Lipinski definition) is 0. The summed E-state index contributed by atoms with van der Waals surface area (Å²) in [7, 11) is -1.03. The molecule has 1 aromatic rings. The molecule has 0 aromatic carbocycles. The lowest BCUT2D eigenvalue weighted by atomic mass is 10.2. The number of rotatable bonds is 6. The second-order valence-electron chi connectivity index (χ2n) is 7.05. The smallest absolute Gasteiger partial charge is 0.233 e. The first kappa shape index (κ1) is 16.4. The Balaban J connectivity index is 1.40. The highest BCUT2D eigenvalue weighted by Gasteiger charge is 2.42. The summed E-state index contributed by atoms with van der Waals surface area (Å²) in [5.41, 5.74) is 0. The third-order valence-electron chi connectivity index (χ3n) is 4.97. The predicted octanol–water partition coefficient (Wildman–Crippen LogP) is 0.963. The van der Waals surface area contributed by atoms with Crippen LogP contribution in [-0.4, -0.2) is 63.3 Å². The molecule has 0 spiro atoms. The third-order valence-corrected chi connectivity index (χ3v) is 7.72. The van der Waals surface area contributed by atoms with E-state index >= 15 is 0 Å². The molecule has 1 atom stereocenters. The van der Waals surface area contributed by atoms with Gasteiger partial charge in [-0.2, -0.15) is 0 Å². The zero-order valence-corrected chi connectivity index (χ0v) is 15.4. The minimum absolute atomic E-state index is 0.0283. The summed E-state index contributed by atoms with van der Waals surface area (Å²) in [5.74, 6) is 2.18. The summed E-state index contributed by atoms with van der Waals surface area (Å²) in [6, 6.07) is 0.0926. The number of carbonyl (C=O) groups is 1. The zero-order valence-electron chi connectivity index (χ0n) is 13.7. The van der Waals surface area contributed by atoms with Crippen LogP contribution in [0.1, 0.15) is 43.8 Å². The minimum atomic E-state index is -2.98. The summed E-state index contributed by atoms with van der Waals surface area (Å²) in [6.07, 6.45) is 4.89. The fraction of sp³-hybridized carbons (Fsp3) is 0.800. The van der Waals surface area contributed by atoms with E-state index in [1.54, 1.807) is 0 Å². The molecule has 1 aliphatic heterocycles. The van der Waals surface area contributed by atoms with E-state index in [-0.39, 0.29) is 29.5 Å². The number of thioether (sulfide) groups is 1. The molecule has 1 amide bonds. The van der Waals surface area contributed by atoms with Gasteiger partial charge in [-0.1, -0.05) is 11.8 Å². The quantitative estimate of drug-likeness (QED) is 0.694. The molecule has 2 heterocycles. The molecule has 0 N–H and O–H groups in total. The molecular weight excluding hydrogens is 348 g/mol. The Labute approximate surface area is 146 Å². The van der Waals surface area contributed by atoms with Gasteiger partial charge in [-0.3, -0.25) is 4.79 Å². The molecule has 1 aromatic heterocycles. The predicted molar refractivity (Wildman–Crippen MR) is 90.6 cm³/mol. The van der Waals surface area contributed by atoms with E-state index in [1.807, 2.05) is 16.5 Å². The van der Waals surface area contributed by atoms with E-state index in [4.69, 9.17) is 0 Å². The zero-order chi connectivity index (χ0) is 16.9. The lowest BCUT2D eigenvalue weighted by molar-refractivity contribution is -0.130. The molecule has 0 bridgehead atoms. The fourth-order valence-electron chi connectivity index (χ4n) is 3.40. The molecular formula is C15H22N4O3S2.